The first-order valence-electron chi connectivity index (χ1n) is 9.40. The van der Waals surface area contributed by atoms with Crippen molar-refractivity contribution in [3.8, 4) is 11.4 Å². The van der Waals surface area contributed by atoms with Gasteiger partial charge in [-0.25, -0.2) is 13.1 Å². The molecule has 0 atom stereocenters. The van der Waals surface area contributed by atoms with Crippen LogP contribution in [-0.4, -0.2) is 67.6 Å². The number of aromatic nitrogens is 2. The van der Waals surface area contributed by atoms with Crippen molar-refractivity contribution in [2.75, 3.05) is 19.0 Å². The van der Waals surface area contributed by atoms with Crippen molar-refractivity contribution in [3.63, 3.8) is 0 Å². The Morgan fingerprint density at radius 1 is 1.03 bits per heavy atom. The first-order valence-corrected chi connectivity index (χ1v) is 11.0. The number of ether oxygens (including phenoxy) is 1. The lowest BCUT2D eigenvalue weighted by Crippen LogP contribution is -2.54. The summed E-state index contributed by atoms with van der Waals surface area (Å²) in [5, 5.41) is 6.70. The van der Waals surface area contributed by atoms with Gasteiger partial charge in [-0.2, -0.15) is 49.0 Å². The predicted octanol–water partition coefficient (Wildman–Crippen LogP) is 4.79. The van der Waals surface area contributed by atoms with E-state index in [9.17, 15) is 52.3 Å². The smallest absolute Gasteiger partial charge is 0.460 e. The number of oxime groups is 1. The Morgan fingerprint density at radius 3 is 2.22 bits per heavy atom. The predicted molar refractivity (Wildman–Crippen MR) is 102 cm³/mol. The van der Waals surface area contributed by atoms with Crippen molar-refractivity contribution < 1.29 is 61.9 Å². The molecule has 0 fully saturated rings. The van der Waals surface area contributed by atoms with Crippen LogP contribution in [0.25, 0.3) is 5.69 Å². The fraction of sp³-hybridized carbons (Fsp3) is 0.444. The molecular formula is C18H15F10N3O4S. The van der Waals surface area contributed by atoms with E-state index in [1.807, 2.05) is 0 Å². The third-order valence-electron chi connectivity index (χ3n) is 4.24. The summed E-state index contributed by atoms with van der Waals surface area (Å²) in [6, 6.07) is 3.25. The maximum atomic E-state index is 13.4. The van der Waals surface area contributed by atoms with E-state index in [4.69, 9.17) is 0 Å². The second kappa shape index (κ2) is 10.1. The third kappa shape index (κ3) is 6.79. The fourth-order valence-corrected chi connectivity index (χ4v) is 3.50. The SMILES string of the molecule is CCS(=O)(=O)c1cc(C=NOCC(F)(F)F)ccc1-n1cc(OCC(F)(F)C(F)(F)C(F)(F)F)cn1. The van der Waals surface area contributed by atoms with E-state index < -0.39 is 63.6 Å². The zero-order valence-electron chi connectivity index (χ0n) is 17.7. The van der Waals surface area contributed by atoms with Crippen LogP contribution in [-0.2, 0) is 14.7 Å². The monoisotopic (exact) mass is 559 g/mol. The van der Waals surface area contributed by atoms with Gasteiger partial charge in [-0.05, 0) is 17.7 Å². The van der Waals surface area contributed by atoms with Crippen LogP contribution in [0, 0.1) is 0 Å². The Hall–Kier alpha value is -3.05. The van der Waals surface area contributed by atoms with E-state index in [1.165, 1.54) is 13.0 Å². The van der Waals surface area contributed by atoms with Gasteiger partial charge in [0.05, 0.1) is 34.9 Å². The van der Waals surface area contributed by atoms with Gasteiger partial charge in [-0.3, -0.25) is 0 Å². The summed E-state index contributed by atoms with van der Waals surface area (Å²) >= 11 is 0. The van der Waals surface area contributed by atoms with Crippen molar-refractivity contribution in [2.24, 2.45) is 5.16 Å². The minimum atomic E-state index is -6.55. The molecule has 7 nitrogen and oxygen atoms in total. The summed E-state index contributed by atoms with van der Waals surface area (Å²) in [6.07, 6.45) is -9.03. The van der Waals surface area contributed by atoms with E-state index in [0.717, 1.165) is 29.2 Å². The van der Waals surface area contributed by atoms with E-state index in [0.29, 0.717) is 6.20 Å². The van der Waals surface area contributed by atoms with Crippen LogP contribution in [0.15, 0.2) is 40.6 Å². The van der Waals surface area contributed by atoms with Gasteiger partial charge in [-0.15, -0.1) is 0 Å². The van der Waals surface area contributed by atoms with Crippen LogP contribution < -0.4 is 4.74 Å². The summed E-state index contributed by atoms with van der Waals surface area (Å²) in [6.45, 7) is -2.82. The molecule has 202 valence electrons. The molecule has 2 rings (SSSR count). The standard InChI is InChI=1S/C18H15F10N3O4S/c1-2-36(32,33)14-5-11(6-30-35-10-16(21,22)23)3-4-13(14)31-8-12(7-29-31)34-9-15(19,20)17(24,25)18(26,27)28/h3-8H,2,9-10H2,1H3. The number of alkyl halides is 10. The highest BCUT2D eigenvalue weighted by atomic mass is 32.2. The normalized spacial score (nSPS) is 13.9. The number of rotatable bonds is 10. The Bertz CT molecular complexity index is 1190. The summed E-state index contributed by atoms with van der Waals surface area (Å²) in [5.74, 6) is -13.2. The fourth-order valence-electron chi connectivity index (χ4n) is 2.40. The molecule has 0 aliphatic rings. The molecule has 0 aliphatic carbocycles. The maximum Gasteiger partial charge on any atom is 0.460 e. The van der Waals surface area contributed by atoms with Crippen LogP contribution in [0.1, 0.15) is 12.5 Å². The largest absolute Gasteiger partial charge is 0.484 e. The van der Waals surface area contributed by atoms with Gasteiger partial charge in [0, 0.05) is 0 Å². The molecule has 1 heterocycles. The number of hydrogen-bond acceptors (Lipinski definition) is 6. The van der Waals surface area contributed by atoms with Gasteiger partial charge in [0.25, 0.3) is 0 Å². The van der Waals surface area contributed by atoms with Gasteiger partial charge in [0.15, 0.2) is 22.2 Å². The molecule has 1 aromatic heterocycles. The molecular weight excluding hydrogens is 544 g/mol. The Kier molecular flexibility index (Phi) is 8.22. The minimum Gasteiger partial charge on any atom is -0.484 e. The molecule has 0 unspecified atom stereocenters. The van der Waals surface area contributed by atoms with Gasteiger partial charge in [0.1, 0.15) is 0 Å². The topological polar surface area (TPSA) is 82.8 Å². The van der Waals surface area contributed by atoms with Crippen LogP contribution in [0.4, 0.5) is 43.9 Å². The first kappa shape index (κ1) is 29.2. The molecule has 2 aromatic rings. The van der Waals surface area contributed by atoms with E-state index in [-0.39, 0.29) is 11.3 Å². The second-order valence-corrected chi connectivity index (χ2v) is 9.19. The lowest BCUT2D eigenvalue weighted by atomic mass is 10.2. The van der Waals surface area contributed by atoms with Crippen molar-refractivity contribution in [1.29, 1.82) is 0 Å². The van der Waals surface area contributed by atoms with Crippen molar-refractivity contribution >= 4 is 16.1 Å². The number of nitrogens with zero attached hydrogens (tertiary/aromatic N) is 3. The lowest BCUT2D eigenvalue weighted by Gasteiger charge is -2.27. The Balaban J connectivity index is 2.31. The molecule has 36 heavy (non-hydrogen) atoms. The zero-order chi connectivity index (χ0) is 27.6. The number of benzene rings is 1. The number of halogens is 10. The molecule has 0 spiro atoms. The molecule has 0 radical (unpaired) electrons. The van der Waals surface area contributed by atoms with Gasteiger partial charge < -0.3 is 9.57 Å². The molecule has 0 N–H and O–H groups in total. The maximum absolute atomic E-state index is 13.4. The van der Waals surface area contributed by atoms with Gasteiger partial charge in [0.2, 0.25) is 6.61 Å². The average Bonchev–Trinajstić information content (AvgIpc) is 3.22. The number of hydrogen-bond donors (Lipinski definition) is 0. The van der Waals surface area contributed by atoms with Crippen molar-refractivity contribution in [3.05, 3.63) is 36.2 Å². The molecule has 0 saturated carbocycles. The molecule has 18 heteroatoms. The summed E-state index contributed by atoms with van der Waals surface area (Å²) in [7, 11) is -4.04. The summed E-state index contributed by atoms with van der Waals surface area (Å²) in [5.41, 5.74) is -0.252. The van der Waals surface area contributed by atoms with Crippen molar-refractivity contribution in [1.82, 2.24) is 9.78 Å². The average molecular weight is 559 g/mol. The highest BCUT2D eigenvalue weighted by Crippen LogP contribution is 2.46. The van der Waals surface area contributed by atoms with Crippen LogP contribution in [0.2, 0.25) is 0 Å². The summed E-state index contributed by atoms with van der Waals surface area (Å²) in [4.78, 5) is 3.60. The quantitative estimate of drug-likeness (QED) is 0.238. The number of sulfone groups is 1. The molecule has 0 bridgehead atoms. The van der Waals surface area contributed by atoms with E-state index in [1.54, 1.807) is 0 Å². The summed E-state index contributed by atoms with van der Waals surface area (Å²) < 4.78 is 156. The molecule has 0 saturated heterocycles. The Morgan fingerprint density at radius 2 is 1.67 bits per heavy atom. The molecule has 1 aromatic carbocycles. The van der Waals surface area contributed by atoms with Crippen LogP contribution in [0.5, 0.6) is 5.75 Å². The zero-order valence-corrected chi connectivity index (χ0v) is 18.6. The van der Waals surface area contributed by atoms with Gasteiger partial charge in [-0.1, -0.05) is 18.1 Å². The van der Waals surface area contributed by atoms with Crippen LogP contribution >= 0.6 is 0 Å². The van der Waals surface area contributed by atoms with E-state index in [2.05, 4.69) is 19.8 Å². The highest BCUT2D eigenvalue weighted by molar-refractivity contribution is 7.91. The lowest BCUT2D eigenvalue weighted by molar-refractivity contribution is -0.358. The van der Waals surface area contributed by atoms with Crippen molar-refractivity contribution in [2.45, 2.75) is 36.0 Å². The highest BCUT2D eigenvalue weighted by Gasteiger charge is 2.73. The molecule has 0 aliphatic heterocycles. The Labute approximate surface area is 196 Å². The second-order valence-electron chi connectivity index (χ2n) is 6.94. The minimum absolute atomic E-state index is 0.0226. The molecule has 0 amide bonds. The van der Waals surface area contributed by atoms with Crippen LogP contribution in [0.3, 0.4) is 0 Å². The van der Waals surface area contributed by atoms with E-state index >= 15 is 0 Å². The third-order valence-corrected chi connectivity index (χ3v) is 6.00. The first-order chi connectivity index (χ1) is 16.3. The van der Waals surface area contributed by atoms with Gasteiger partial charge >= 0.3 is 24.2 Å².